The minimum atomic E-state index is -3.25. The van der Waals surface area contributed by atoms with Gasteiger partial charge in [-0.25, -0.2) is 26.5 Å². The van der Waals surface area contributed by atoms with Gasteiger partial charge in [-0.2, -0.15) is 0 Å². The van der Waals surface area contributed by atoms with Crippen molar-refractivity contribution < 1.29 is 22.0 Å². The number of carbonyl (C=O) groups is 1. The summed E-state index contributed by atoms with van der Waals surface area (Å²) in [6, 6.07) is 0.591. The minimum Gasteiger partial charge on any atom is -0.350 e. The van der Waals surface area contributed by atoms with Gasteiger partial charge in [-0.15, -0.1) is 0 Å². The van der Waals surface area contributed by atoms with Crippen molar-refractivity contribution in [1.82, 2.24) is 14.6 Å². The molecule has 122 valence electrons. The maximum absolute atomic E-state index is 13.4. The first-order chi connectivity index (χ1) is 10.3. The number of nitrogens with one attached hydrogen (secondary N) is 1. The van der Waals surface area contributed by atoms with Gasteiger partial charge in [0.25, 0.3) is 5.91 Å². The highest BCUT2D eigenvalue weighted by Crippen LogP contribution is 2.18. The monoisotopic (exact) mass is 333 g/mol. The highest BCUT2D eigenvalue weighted by atomic mass is 32.2. The van der Waals surface area contributed by atoms with E-state index in [9.17, 15) is 22.0 Å². The molecule has 0 aromatic carbocycles. The van der Waals surface area contributed by atoms with Crippen LogP contribution in [0.3, 0.4) is 0 Å². The number of pyridine rings is 1. The number of rotatable bonds is 4. The number of nitrogens with zero attached hydrogens (tertiary/aromatic N) is 2. The zero-order chi connectivity index (χ0) is 16.3. The number of halogens is 2. The highest BCUT2D eigenvalue weighted by molar-refractivity contribution is 7.88. The van der Waals surface area contributed by atoms with E-state index in [4.69, 9.17) is 0 Å². The predicted octanol–water partition coefficient (Wildman–Crippen LogP) is 0.761. The van der Waals surface area contributed by atoms with Crippen LogP contribution >= 0.6 is 0 Å². The Labute approximate surface area is 127 Å². The Morgan fingerprint density at radius 1 is 1.50 bits per heavy atom. The molecule has 2 rings (SSSR count). The van der Waals surface area contributed by atoms with Crippen LogP contribution < -0.4 is 5.32 Å². The first-order valence-corrected chi connectivity index (χ1v) is 8.66. The largest absolute Gasteiger partial charge is 0.350 e. The normalized spacial score (nSPS) is 19.9. The molecule has 0 spiro atoms. The van der Waals surface area contributed by atoms with E-state index in [1.54, 1.807) is 0 Å². The SMILES string of the molecule is CS(=O)(=O)N1CCC[C@H](CNC(=O)c2ncc(F)cc2F)C1. The molecule has 1 N–H and O–H groups in total. The smallest absolute Gasteiger partial charge is 0.272 e. The van der Waals surface area contributed by atoms with Gasteiger partial charge in [-0.3, -0.25) is 4.79 Å². The molecule has 1 amide bonds. The number of hydrogen-bond acceptors (Lipinski definition) is 4. The number of amides is 1. The van der Waals surface area contributed by atoms with Crippen LogP contribution in [-0.4, -0.2) is 49.5 Å². The van der Waals surface area contributed by atoms with E-state index in [0.717, 1.165) is 18.9 Å². The lowest BCUT2D eigenvalue weighted by Crippen LogP contribution is -2.43. The molecular weight excluding hydrogens is 316 g/mol. The van der Waals surface area contributed by atoms with Crippen LogP contribution in [0, 0.1) is 17.6 Å². The van der Waals surface area contributed by atoms with Gasteiger partial charge in [0.05, 0.1) is 12.5 Å². The van der Waals surface area contributed by atoms with E-state index < -0.39 is 33.3 Å². The van der Waals surface area contributed by atoms with Gasteiger partial charge in [0.2, 0.25) is 10.0 Å². The number of aromatic nitrogens is 1. The lowest BCUT2D eigenvalue weighted by Gasteiger charge is -2.30. The maximum atomic E-state index is 13.4. The van der Waals surface area contributed by atoms with E-state index in [-0.39, 0.29) is 12.5 Å². The van der Waals surface area contributed by atoms with Gasteiger partial charge < -0.3 is 5.32 Å². The summed E-state index contributed by atoms with van der Waals surface area (Å²) in [7, 11) is -3.25. The summed E-state index contributed by atoms with van der Waals surface area (Å²) >= 11 is 0. The fourth-order valence-electron chi connectivity index (χ4n) is 2.40. The second-order valence-electron chi connectivity index (χ2n) is 5.32. The summed E-state index contributed by atoms with van der Waals surface area (Å²) in [5.74, 6) is -2.67. The second-order valence-corrected chi connectivity index (χ2v) is 7.31. The molecular formula is C13H17F2N3O3S. The Hall–Kier alpha value is -1.61. The highest BCUT2D eigenvalue weighted by Gasteiger charge is 2.26. The second kappa shape index (κ2) is 6.66. The molecule has 0 aliphatic carbocycles. The van der Waals surface area contributed by atoms with Crippen LogP contribution in [0.5, 0.6) is 0 Å². The van der Waals surface area contributed by atoms with Crippen LogP contribution in [0.2, 0.25) is 0 Å². The molecule has 1 aliphatic rings. The summed E-state index contributed by atoms with van der Waals surface area (Å²) < 4.78 is 50.6. The maximum Gasteiger partial charge on any atom is 0.272 e. The fraction of sp³-hybridized carbons (Fsp3) is 0.538. The van der Waals surface area contributed by atoms with Gasteiger partial charge in [-0.05, 0) is 18.8 Å². The Morgan fingerprint density at radius 2 is 2.23 bits per heavy atom. The van der Waals surface area contributed by atoms with E-state index in [1.165, 1.54) is 4.31 Å². The van der Waals surface area contributed by atoms with Crippen molar-refractivity contribution in [3.63, 3.8) is 0 Å². The molecule has 0 saturated carbocycles. The summed E-state index contributed by atoms with van der Waals surface area (Å²) in [6.45, 7) is 0.999. The van der Waals surface area contributed by atoms with Crippen molar-refractivity contribution in [2.24, 2.45) is 5.92 Å². The Morgan fingerprint density at radius 3 is 2.86 bits per heavy atom. The number of piperidine rings is 1. The van der Waals surface area contributed by atoms with Crippen molar-refractivity contribution in [2.45, 2.75) is 12.8 Å². The fourth-order valence-corrected chi connectivity index (χ4v) is 3.34. The Bertz CT molecular complexity index is 666. The third-order valence-corrected chi connectivity index (χ3v) is 4.79. The molecule has 2 heterocycles. The summed E-state index contributed by atoms with van der Waals surface area (Å²) in [4.78, 5) is 15.3. The Kier molecular flexibility index (Phi) is 5.07. The molecule has 1 aliphatic heterocycles. The molecule has 22 heavy (non-hydrogen) atoms. The standard InChI is InChI=1S/C13H17F2N3O3S/c1-22(20,21)18-4-2-3-9(8-18)6-17-13(19)12-11(15)5-10(14)7-16-12/h5,7,9H,2-4,6,8H2,1H3,(H,17,19)/t9-/m1/s1. The molecule has 1 aromatic heterocycles. The van der Waals surface area contributed by atoms with Crippen LogP contribution in [0.25, 0.3) is 0 Å². The molecule has 6 nitrogen and oxygen atoms in total. The van der Waals surface area contributed by atoms with Crippen molar-refractivity contribution in [3.8, 4) is 0 Å². The zero-order valence-corrected chi connectivity index (χ0v) is 12.9. The molecule has 0 unspecified atom stereocenters. The van der Waals surface area contributed by atoms with Crippen LogP contribution in [0.1, 0.15) is 23.3 Å². The van der Waals surface area contributed by atoms with Gasteiger partial charge in [0.15, 0.2) is 11.5 Å². The topological polar surface area (TPSA) is 79.4 Å². The molecule has 1 saturated heterocycles. The minimum absolute atomic E-state index is 0.0454. The average molecular weight is 333 g/mol. The summed E-state index contributed by atoms with van der Waals surface area (Å²) in [6.07, 6.45) is 3.39. The summed E-state index contributed by atoms with van der Waals surface area (Å²) in [5.41, 5.74) is -0.475. The summed E-state index contributed by atoms with van der Waals surface area (Å²) in [5, 5.41) is 2.52. The molecule has 1 aromatic rings. The number of carbonyl (C=O) groups excluding carboxylic acids is 1. The van der Waals surface area contributed by atoms with Crippen LogP contribution in [-0.2, 0) is 10.0 Å². The predicted molar refractivity (Wildman–Crippen MR) is 75.6 cm³/mol. The lowest BCUT2D eigenvalue weighted by molar-refractivity contribution is 0.0932. The quantitative estimate of drug-likeness (QED) is 0.882. The third kappa shape index (κ3) is 4.20. The van der Waals surface area contributed by atoms with Gasteiger partial charge in [0.1, 0.15) is 5.82 Å². The third-order valence-electron chi connectivity index (χ3n) is 3.52. The zero-order valence-electron chi connectivity index (χ0n) is 12.1. The molecule has 1 atom stereocenters. The van der Waals surface area contributed by atoms with E-state index >= 15 is 0 Å². The van der Waals surface area contributed by atoms with Gasteiger partial charge in [-0.1, -0.05) is 0 Å². The number of sulfonamides is 1. The molecule has 0 bridgehead atoms. The average Bonchev–Trinajstić information content (AvgIpc) is 2.44. The van der Waals surface area contributed by atoms with Crippen LogP contribution in [0.15, 0.2) is 12.3 Å². The Balaban J connectivity index is 1.93. The van der Waals surface area contributed by atoms with E-state index in [1.807, 2.05) is 0 Å². The van der Waals surface area contributed by atoms with Crippen molar-refractivity contribution in [2.75, 3.05) is 25.9 Å². The lowest BCUT2D eigenvalue weighted by atomic mass is 10.00. The van der Waals surface area contributed by atoms with Crippen molar-refractivity contribution >= 4 is 15.9 Å². The first kappa shape index (κ1) is 16.8. The van der Waals surface area contributed by atoms with Crippen molar-refractivity contribution in [1.29, 1.82) is 0 Å². The van der Waals surface area contributed by atoms with E-state index in [2.05, 4.69) is 10.3 Å². The van der Waals surface area contributed by atoms with Crippen LogP contribution in [0.4, 0.5) is 8.78 Å². The number of hydrogen-bond donors (Lipinski definition) is 1. The molecule has 0 radical (unpaired) electrons. The van der Waals surface area contributed by atoms with Gasteiger partial charge in [0, 0.05) is 25.7 Å². The molecule has 9 heteroatoms. The van der Waals surface area contributed by atoms with E-state index in [0.29, 0.717) is 25.6 Å². The van der Waals surface area contributed by atoms with Crippen molar-refractivity contribution in [3.05, 3.63) is 29.6 Å². The molecule has 1 fully saturated rings. The first-order valence-electron chi connectivity index (χ1n) is 6.81. The van der Waals surface area contributed by atoms with Gasteiger partial charge >= 0.3 is 0 Å².